The molecule has 0 spiro atoms. The summed E-state index contributed by atoms with van der Waals surface area (Å²) in [5, 5.41) is 3.33. The van der Waals surface area contributed by atoms with Gasteiger partial charge in [0.25, 0.3) is 5.91 Å². The summed E-state index contributed by atoms with van der Waals surface area (Å²) < 4.78 is 0. The highest BCUT2D eigenvalue weighted by Crippen LogP contribution is 2.28. The van der Waals surface area contributed by atoms with Crippen LogP contribution < -0.4 is 11.1 Å². The van der Waals surface area contributed by atoms with Crippen molar-refractivity contribution >= 4 is 11.9 Å². The average Bonchev–Trinajstić information content (AvgIpc) is 2.82. The first kappa shape index (κ1) is 18.2. The predicted molar refractivity (Wildman–Crippen MR) is 95.3 cm³/mol. The van der Waals surface area contributed by atoms with Crippen LogP contribution in [0.5, 0.6) is 0 Å². The molecule has 23 heavy (non-hydrogen) atoms. The van der Waals surface area contributed by atoms with Crippen LogP contribution in [0.2, 0.25) is 0 Å². The van der Waals surface area contributed by atoms with E-state index in [1.165, 1.54) is 62.9 Å². The number of carbonyl (C=O) groups is 1. The quantitative estimate of drug-likeness (QED) is 0.838. The first-order valence-electron chi connectivity index (χ1n) is 9.39. The number of nitrogens with one attached hydrogen (secondary N) is 1. The minimum Gasteiger partial charge on any atom is -0.369 e. The Morgan fingerprint density at radius 2 is 1.91 bits per heavy atom. The number of carbonyl (C=O) groups excluding carboxylic acids is 1. The number of aliphatic imine (C=N–C) groups is 1. The van der Waals surface area contributed by atoms with Gasteiger partial charge in [-0.1, -0.05) is 39.0 Å². The van der Waals surface area contributed by atoms with Crippen molar-refractivity contribution in [3.63, 3.8) is 0 Å². The number of piperidine rings is 1. The highest BCUT2D eigenvalue weighted by atomic mass is 16.2. The summed E-state index contributed by atoms with van der Waals surface area (Å²) >= 11 is 0. The van der Waals surface area contributed by atoms with E-state index in [0.29, 0.717) is 5.96 Å². The Hall–Kier alpha value is -1.10. The highest BCUT2D eigenvalue weighted by molar-refractivity contribution is 6.03. The fraction of sp³-hybridized carbons (Fsp3) is 0.889. The van der Waals surface area contributed by atoms with E-state index in [4.69, 9.17) is 5.73 Å². The third-order valence-electron chi connectivity index (χ3n) is 5.36. The Balaban J connectivity index is 0.000000229. The molecule has 0 radical (unpaired) electrons. The molecule has 2 aliphatic heterocycles. The Bertz CT molecular complexity index is 398. The first-order chi connectivity index (χ1) is 11.1. The summed E-state index contributed by atoms with van der Waals surface area (Å²) in [5.41, 5.74) is 5.62. The molecule has 0 bridgehead atoms. The SMILES string of the molecule is CC1CCCNC1.CN1C(=O)C(CCC2CCCCC2)N=C1N. The molecule has 0 aromatic rings. The van der Waals surface area contributed by atoms with E-state index in [1.54, 1.807) is 7.05 Å². The number of likely N-dealkylation sites (N-methyl/N-ethyl adjacent to an activating group) is 1. The molecule has 5 heteroatoms. The van der Waals surface area contributed by atoms with Crippen molar-refractivity contribution in [1.29, 1.82) is 0 Å². The average molecular weight is 322 g/mol. The zero-order valence-corrected chi connectivity index (χ0v) is 14.9. The van der Waals surface area contributed by atoms with Crippen molar-refractivity contribution in [2.24, 2.45) is 22.6 Å². The molecule has 2 heterocycles. The zero-order chi connectivity index (χ0) is 16.7. The summed E-state index contributed by atoms with van der Waals surface area (Å²) in [4.78, 5) is 17.4. The zero-order valence-electron chi connectivity index (χ0n) is 14.9. The van der Waals surface area contributed by atoms with E-state index in [0.717, 1.165) is 24.7 Å². The van der Waals surface area contributed by atoms with Crippen molar-refractivity contribution in [1.82, 2.24) is 10.2 Å². The summed E-state index contributed by atoms with van der Waals surface area (Å²) in [6, 6.07) is -0.202. The number of hydrogen-bond acceptors (Lipinski definition) is 4. The predicted octanol–water partition coefficient (Wildman–Crippen LogP) is 2.51. The second-order valence-electron chi connectivity index (χ2n) is 7.43. The molecule has 1 amide bonds. The Morgan fingerprint density at radius 1 is 1.17 bits per heavy atom. The van der Waals surface area contributed by atoms with Gasteiger partial charge in [-0.2, -0.15) is 0 Å². The summed E-state index contributed by atoms with van der Waals surface area (Å²) in [7, 11) is 1.70. The molecule has 0 aromatic heterocycles. The van der Waals surface area contributed by atoms with Gasteiger partial charge in [-0.05, 0) is 50.6 Å². The van der Waals surface area contributed by atoms with Crippen molar-refractivity contribution in [2.75, 3.05) is 20.1 Å². The van der Waals surface area contributed by atoms with Crippen molar-refractivity contribution in [3.8, 4) is 0 Å². The molecule has 132 valence electrons. The number of guanidine groups is 1. The van der Waals surface area contributed by atoms with Gasteiger partial charge < -0.3 is 11.1 Å². The molecule has 3 rings (SSSR count). The molecule has 2 unspecified atom stereocenters. The van der Waals surface area contributed by atoms with Crippen LogP contribution in [0.15, 0.2) is 4.99 Å². The largest absolute Gasteiger partial charge is 0.369 e. The van der Waals surface area contributed by atoms with Crippen LogP contribution in [-0.2, 0) is 4.79 Å². The molecule has 1 saturated carbocycles. The van der Waals surface area contributed by atoms with E-state index in [2.05, 4.69) is 17.2 Å². The van der Waals surface area contributed by atoms with Crippen molar-refractivity contribution in [3.05, 3.63) is 0 Å². The lowest BCUT2D eigenvalue weighted by molar-refractivity contribution is -0.126. The number of nitrogens with two attached hydrogens (primary N) is 1. The lowest BCUT2D eigenvalue weighted by Crippen LogP contribution is -2.35. The lowest BCUT2D eigenvalue weighted by Gasteiger charge is -2.21. The van der Waals surface area contributed by atoms with E-state index in [1.807, 2.05) is 0 Å². The highest BCUT2D eigenvalue weighted by Gasteiger charge is 2.30. The second-order valence-corrected chi connectivity index (χ2v) is 7.43. The van der Waals surface area contributed by atoms with Gasteiger partial charge in [-0.15, -0.1) is 0 Å². The maximum absolute atomic E-state index is 11.7. The minimum atomic E-state index is -0.202. The summed E-state index contributed by atoms with van der Waals surface area (Å²) in [6.45, 7) is 4.77. The molecule has 1 aliphatic carbocycles. The van der Waals surface area contributed by atoms with E-state index >= 15 is 0 Å². The number of nitrogens with zero attached hydrogens (tertiary/aromatic N) is 2. The fourth-order valence-electron chi connectivity index (χ4n) is 3.72. The number of rotatable bonds is 3. The third kappa shape index (κ3) is 5.79. The maximum atomic E-state index is 11.7. The number of amides is 1. The molecule has 1 saturated heterocycles. The van der Waals surface area contributed by atoms with Gasteiger partial charge in [0.15, 0.2) is 5.96 Å². The van der Waals surface area contributed by atoms with Crippen LogP contribution in [0.3, 0.4) is 0 Å². The maximum Gasteiger partial charge on any atom is 0.253 e. The molecule has 0 aromatic carbocycles. The number of hydrogen-bond donors (Lipinski definition) is 2. The molecule has 3 N–H and O–H groups in total. The molecule has 2 fully saturated rings. The van der Waals surface area contributed by atoms with Crippen LogP contribution in [0.25, 0.3) is 0 Å². The molecule has 3 aliphatic rings. The van der Waals surface area contributed by atoms with Gasteiger partial charge >= 0.3 is 0 Å². The molecule has 5 nitrogen and oxygen atoms in total. The Labute approximate surface area is 141 Å². The van der Waals surface area contributed by atoms with Crippen LogP contribution in [0.4, 0.5) is 0 Å². The van der Waals surface area contributed by atoms with Crippen LogP contribution in [-0.4, -0.2) is 42.9 Å². The fourth-order valence-corrected chi connectivity index (χ4v) is 3.72. The third-order valence-corrected chi connectivity index (χ3v) is 5.36. The standard InChI is InChI=1S/C12H21N3O.C6H13N/c1-15-11(16)10(14-12(15)13)8-7-9-5-3-2-4-6-9;1-6-3-2-4-7-5-6/h9-10H,2-8H2,1H3,(H2,13,14);6-7H,2-5H2,1H3. The second kappa shape index (κ2) is 9.26. The van der Waals surface area contributed by atoms with Gasteiger partial charge in [0.1, 0.15) is 6.04 Å². The molecular weight excluding hydrogens is 288 g/mol. The van der Waals surface area contributed by atoms with E-state index in [-0.39, 0.29) is 11.9 Å². The lowest BCUT2D eigenvalue weighted by atomic mass is 9.85. The van der Waals surface area contributed by atoms with Crippen molar-refractivity contribution in [2.45, 2.75) is 70.8 Å². The van der Waals surface area contributed by atoms with Crippen LogP contribution in [0, 0.1) is 11.8 Å². The molecule has 2 atom stereocenters. The van der Waals surface area contributed by atoms with Crippen LogP contribution in [0.1, 0.15) is 64.7 Å². The summed E-state index contributed by atoms with van der Waals surface area (Å²) in [6.07, 6.45) is 11.5. The normalized spacial score (nSPS) is 29.0. The van der Waals surface area contributed by atoms with Gasteiger partial charge in [-0.3, -0.25) is 9.69 Å². The van der Waals surface area contributed by atoms with Gasteiger partial charge in [0.05, 0.1) is 0 Å². The first-order valence-corrected chi connectivity index (χ1v) is 9.39. The van der Waals surface area contributed by atoms with E-state index < -0.39 is 0 Å². The topological polar surface area (TPSA) is 70.7 Å². The van der Waals surface area contributed by atoms with Gasteiger partial charge in [-0.25, -0.2) is 4.99 Å². The minimum absolute atomic E-state index is 0.0632. The Morgan fingerprint density at radius 3 is 2.39 bits per heavy atom. The summed E-state index contributed by atoms with van der Waals surface area (Å²) in [5.74, 6) is 2.17. The monoisotopic (exact) mass is 322 g/mol. The van der Waals surface area contributed by atoms with E-state index in [9.17, 15) is 4.79 Å². The smallest absolute Gasteiger partial charge is 0.253 e. The molecular formula is C18H34N4O. The van der Waals surface area contributed by atoms with Crippen molar-refractivity contribution < 1.29 is 4.79 Å². The van der Waals surface area contributed by atoms with Crippen LogP contribution >= 0.6 is 0 Å². The van der Waals surface area contributed by atoms with Gasteiger partial charge in [0.2, 0.25) is 0 Å². The Kier molecular flexibility index (Phi) is 7.34. The van der Waals surface area contributed by atoms with Gasteiger partial charge in [0, 0.05) is 7.05 Å².